The predicted molar refractivity (Wildman–Crippen MR) is 216 cm³/mol. The molecule has 12 N–H and O–H groups in total. The van der Waals surface area contributed by atoms with E-state index in [-0.39, 0.29) is 30.9 Å². The first-order chi connectivity index (χ1) is 28.3. The van der Waals surface area contributed by atoms with Crippen LogP contribution in [0.3, 0.4) is 0 Å². The molecular weight excluding hydrogens is 809 g/mol. The zero-order chi connectivity index (χ0) is 44.7. The average Bonchev–Trinajstić information content (AvgIpc) is 3.18. The summed E-state index contributed by atoms with van der Waals surface area (Å²) in [5.41, 5.74) is 10.8. The normalized spacial score (nSPS) is 21.6. The van der Waals surface area contributed by atoms with E-state index >= 15 is 0 Å². The van der Waals surface area contributed by atoms with Crippen LogP contribution < -0.4 is 43.4 Å². The molecule has 1 saturated heterocycles. The van der Waals surface area contributed by atoms with Gasteiger partial charge in [-0.15, -0.1) is 0 Å². The van der Waals surface area contributed by atoms with Crippen molar-refractivity contribution < 1.29 is 58.2 Å². The van der Waals surface area contributed by atoms with Gasteiger partial charge in [0.05, 0.1) is 19.4 Å². The van der Waals surface area contributed by atoms with Gasteiger partial charge in [-0.05, 0) is 41.7 Å². The van der Waals surface area contributed by atoms with Crippen molar-refractivity contribution in [3.05, 3.63) is 48.0 Å². The zero-order valence-corrected chi connectivity index (χ0v) is 33.5. The predicted octanol–water partition coefficient (Wildman–Crippen LogP) is -3.05. The number of carboxylic acids is 2. The molecule has 2 aromatic rings. The van der Waals surface area contributed by atoms with Crippen LogP contribution in [-0.2, 0) is 43.2 Å². The number of benzene rings is 2. The highest BCUT2D eigenvalue weighted by atomic mass is 32.1. The lowest BCUT2D eigenvalue weighted by molar-refractivity contribution is -0.143. The molecule has 22 nitrogen and oxygen atoms in total. The van der Waals surface area contributed by atoms with Crippen molar-refractivity contribution in [2.24, 2.45) is 22.4 Å². The fourth-order valence-corrected chi connectivity index (χ4v) is 6.13. The third-order valence-corrected chi connectivity index (χ3v) is 9.28. The molecule has 324 valence electrons. The van der Waals surface area contributed by atoms with E-state index in [2.05, 4.69) is 49.5 Å². The molecule has 0 unspecified atom stereocenters. The Morgan fingerprint density at radius 1 is 0.767 bits per heavy atom. The Balaban J connectivity index is 2.12. The van der Waals surface area contributed by atoms with E-state index < -0.39 is 127 Å². The highest BCUT2D eigenvalue weighted by molar-refractivity contribution is 7.80. The lowest BCUT2D eigenvalue weighted by Gasteiger charge is -2.29. The molecule has 0 radical (unpaired) electrons. The van der Waals surface area contributed by atoms with Crippen LogP contribution in [0.25, 0.3) is 10.8 Å². The quantitative estimate of drug-likeness (QED) is 0.0352. The van der Waals surface area contributed by atoms with Gasteiger partial charge in [0.2, 0.25) is 35.4 Å². The number of imide groups is 1. The third-order valence-electron chi connectivity index (χ3n) is 8.92. The van der Waals surface area contributed by atoms with Crippen LogP contribution in [0.15, 0.2) is 47.5 Å². The molecule has 5 atom stereocenters. The summed E-state index contributed by atoms with van der Waals surface area (Å²) in [5.74, 6) is -13.3. The number of nitrogens with two attached hydrogens (primary N) is 2. The zero-order valence-electron chi connectivity index (χ0n) is 32.6. The number of aliphatic imine (C=N–C) groups is 1. The number of nitrogens with zero attached hydrogens (tertiary/aromatic N) is 2. The van der Waals surface area contributed by atoms with Crippen molar-refractivity contribution in [2.45, 2.75) is 69.7 Å². The molecule has 1 heterocycles. The minimum absolute atomic E-state index is 0.000433. The van der Waals surface area contributed by atoms with Crippen LogP contribution in [0, 0.1) is 5.92 Å². The number of thiol groups is 1. The number of amides is 8. The molecule has 0 saturated carbocycles. The largest absolute Gasteiger partial charge is 0.481 e. The van der Waals surface area contributed by atoms with Crippen molar-refractivity contribution >= 4 is 88.6 Å². The SMILES string of the molecule is CC(C)[C@@H]1NC(=O)[C@H](CC(=O)O)NC(=O)[C@H](CC(=O)O)NC(=O)CNC(=O)[C@H](CCCN=C(N)N)NC(=O)CN(C(=O)c2ccc3ccccc3c2)C(=O)[C@H](CS)NC1=O. The van der Waals surface area contributed by atoms with E-state index in [1.54, 1.807) is 30.3 Å². The summed E-state index contributed by atoms with van der Waals surface area (Å²) in [4.78, 5) is 137. The highest BCUT2D eigenvalue weighted by Gasteiger charge is 2.37. The van der Waals surface area contributed by atoms with E-state index in [0.717, 1.165) is 5.39 Å². The Hall–Kier alpha value is -6.78. The van der Waals surface area contributed by atoms with Crippen molar-refractivity contribution in [2.75, 3.05) is 25.4 Å². The first-order valence-electron chi connectivity index (χ1n) is 18.5. The minimum Gasteiger partial charge on any atom is -0.481 e. The molecule has 1 aliphatic rings. The van der Waals surface area contributed by atoms with Crippen LogP contribution in [0.2, 0.25) is 0 Å². The number of aliphatic carboxylic acids is 2. The van der Waals surface area contributed by atoms with E-state index in [1.807, 2.05) is 0 Å². The second-order valence-electron chi connectivity index (χ2n) is 13.9. The molecule has 60 heavy (non-hydrogen) atoms. The Morgan fingerprint density at radius 2 is 1.35 bits per heavy atom. The van der Waals surface area contributed by atoms with Crippen LogP contribution >= 0.6 is 12.6 Å². The van der Waals surface area contributed by atoms with Gasteiger partial charge in [0, 0.05) is 17.9 Å². The van der Waals surface area contributed by atoms with Crippen LogP contribution in [0.4, 0.5) is 0 Å². The number of nitrogens with one attached hydrogen (secondary N) is 6. The van der Waals surface area contributed by atoms with Gasteiger partial charge in [0.15, 0.2) is 5.96 Å². The molecule has 3 rings (SSSR count). The Kier molecular flexibility index (Phi) is 17.8. The number of hydrogen-bond donors (Lipinski definition) is 11. The molecular formula is C37H48N10O12S. The molecule has 0 bridgehead atoms. The summed E-state index contributed by atoms with van der Waals surface area (Å²) in [5, 5.41) is 34.0. The fraction of sp³-hybridized carbons (Fsp3) is 0.432. The summed E-state index contributed by atoms with van der Waals surface area (Å²) in [6, 6.07) is 3.16. The summed E-state index contributed by atoms with van der Waals surface area (Å²) in [7, 11) is 0. The highest BCUT2D eigenvalue weighted by Crippen LogP contribution is 2.18. The van der Waals surface area contributed by atoms with E-state index in [1.165, 1.54) is 26.0 Å². The van der Waals surface area contributed by atoms with Crippen LogP contribution in [0.5, 0.6) is 0 Å². The van der Waals surface area contributed by atoms with E-state index in [9.17, 15) is 58.2 Å². The van der Waals surface area contributed by atoms with Crippen molar-refractivity contribution in [1.82, 2.24) is 36.8 Å². The number of carboxylic acid groups (broad SMARTS) is 2. The molecule has 8 amide bonds. The molecule has 1 fully saturated rings. The maximum Gasteiger partial charge on any atom is 0.305 e. The van der Waals surface area contributed by atoms with Gasteiger partial charge in [0.25, 0.3) is 11.8 Å². The second-order valence-corrected chi connectivity index (χ2v) is 14.3. The van der Waals surface area contributed by atoms with Gasteiger partial charge < -0.3 is 53.6 Å². The van der Waals surface area contributed by atoms with Crippen LogP contribution in [0.1, 0.15) is 49.9 Å². The molecule has 23 heteroatoms. The molecule has 0 spiro atoms. The number of carbonyl (C=O) groups is 10. The van der Waals surface area contributed by atoms with E-state index in [4.69, 9.17) is 11.5 Å². The average molecular weight is 857 g/mol. The molecule has 2 aromatic carbocycles. The van der Waals surface area contributed by atoms with Gasteiger partial charge in [-0.2, -0.15) is 12.6 Å². The topological polar surface area (TPSA) is 351 Å². The van der Waals surface area contributed by atoms with Gasteiger partial charge in [-0.25, -0.2) is 0 Å². The van der Waals surface area contributed by atoms with Gasteiger partial charge in [-0.1, -0.05) is 44.2 Å². The Morgan fingerprint density at radius 3 is 1.95 bits per heavy atom. The number of carbonyl (C=O) groups excluding carboxylic acids is 8. The van der Waals surface area contributed by atoms with Gasteiger partial charge in [0.1, 0.15) is 36.8 Å². The Labute approximate surface area is 348 Å². The molecule has 0 aliphatic carbocycles. The summed E-state index contributed by atoms with van der Waals surface area (Å²) >= 11 is 4.21. The second kappa shape index (κ2) is 22.4. The standard InChI is InChI=1S/C37H48N10O12S/c1-18(2)30-34(57)45-25(17-60)36(59)47(35(58)21-10-9-19-6-3-4-7-20(19)12-21)16-27(49)42-22(8-5-11-40-37(38)39)31(54)41-15-26(48)43-23(13-28(50)51)32(55)44-24(14-29(52)53)33(56)46-30/h3-4,6-7,9-10,12,18,22-25,30,60H,5,8,11,13-17H2,1-2H3,(H,41,54)(H,42,49)(H,43,48)(H,44,55)(H,45,57)(H,46,56)(H,50,51)(H,52,53)(H4,38,39,40)/t22-,23-,24-,25-,30-/m0/s1. The summed E-state index contributed by atoms with van der Waals surface area (Å²) < 4.78 is 0. The van der Waals surface area contributed by atoms with E-state index in [0.29, 0.717) is 10.3 Å². The van der Waals surface area contributed by atoms with Crippen LogP contribution in [-0.4, -0.2) is 136 Å². The smallest absolute Gasteiger partial charge is 0.305 e. The first-order valence-corrected chi connectivity index (χ1v) is 19.2. The molecule has 0 aromatic heterocycles. The fourth-order valence-electron chi connectivity index (χ4n) is 5.88. The number of fused-ring (bicyclic) bond motifs is 1. The summed E-state index contributed by atoms with van der Waals surface area (Å²) in [6.07, 6.45) is -2.15. The third kappa shape index (κ3) is 14.2. The first kappa shape index (κ1) is 47.6. The monoisotopic (exact) mass is 856 g/mol. The Bertz CT molecular complexity index is 2020. The van der Waals surface area contributed by atoms with Crippen molar-refractivity contribution in [1.29, 1.82) is 0 Å². The van der Waals surface area contributed by atoms with Crippen molar-refractivity contribution in [3.8, 4) is 0 Å². The van der Waals surface area contributed by atoms with Crippen molar-refractivity contribution in [3.63, 3.8) is 0 Å². The number of rotatable bonds is 11. The van der Waals surface area contributed by atoms with Gasteiger partial charge in [-0.3, -0.25) is 57.8 Å². The lowest BCUT2D eigenvalue weighted by Crippen LogP contribution is -2.61. The summed E-state index contributed by atoms with van der Waals surface area (Å²) in [6.45, 7) is 1.13. The maximum absolute atomic E-state index is 14.2. The molecule has 1 aliphatic heterocycles. The minimum atomic E-state index is -1.92. The number of guanidine groups is 1. The lowest BCUT2D eigenvalue weighted by atomic mass is 10.0. The maximum atomic E-state index is 14.2. The number of hydrogen-bond acceptors (Lipinski definition) is 12. The van der Waals surface area contributed by atoms with Gasteiger partial charge >= 0.3 is 11.9 Å².